The van der Waals surface area contributed by atoms with Crippen LogP contribution in [-0.4, -0.2) is 4.98 Å². The van der Waals surface area contributed by atoms with Gasteiger partial charge >= 0.3 is 0 Å². The van der Waals surface area contributed by atoms with Crippen molar-refractivity contribution in [2.24, 2.45) is 0 Å². The average Bonchev–Trinajstić information content (AvgIpc) is 2.73. The normalized spacial score (nSPS) is 10.8. The van der Waals surface area contributed by atoms with Gasteiger partial charge in [0.25, 0.3) is 0 Å². The van der Waals surface area contributed by atoms with Crippen molar-refractivity contribution in [3.8, 4) is 0 Å². The van der Waals surface area contributed by atoms with Gasteiger partial charge in [-0.05, 0) is 42.5 Å². The van der Waals surface area contributed by atoms with Gasteiger partial charge in [-0.2, -0.15) is 0 Å². The molecule has 2 nitrogen and oxygen atoms in total. The van der Waals surface area contributed by atoms with E-state index < -0.39 is 0 Å². The van der Waals surface area contributed by atoms with E-state index in [1.807, 2.05) is 36.4 Å². The second-order valence-corrected chi connectivity index (χ2v) is 6.15. The topological polar surface area (TPSA) is 24.9 Å². The van der Waals surface area contributed by atoms with Crippen LogP contribution in [0.5, 0.6) is 0 Å². The first-order valence-corrected chi connectivity index (χ1v) is 7.28. The number of hydrogen-bond acceptors (Lipinski definition) is 3. The van der Waals surface area contributed by atoms with Crippen LogP contribution in [-0.2, 0) is 0 Å². The number of hydrogen-bond donors (Lipinski definition) is 1. The first kappa shape index (κ1) is 12.0. The van der Waals surface area contributed by atoms with E-state index >= 15 is 0 Å². The molecule has 3 rings (SSSR count). The van der Waals surface area contributed by atoms with Crippen LogP contribution >= 0.6 is 38.9 Å². The molecule has 0 unspecified atom stereocenters. The van der Waals surface area contributed by atoms with E-state index in [0.29, 0.717) is 0 Å². The number of anilines is 2. The fourth-order valence-electron chi connectivity index (χ4n) is 1.61. The van der Waals surface area contributed by atoms with E-state index in [2.05, 4.69) is 32.3 Å². The summed E-state index contributed by atoms with van der Waals surface area (Å²) in [6.45, 7) is 0. The fourth-order valence-corrected chi connectivity index (χ4v) is 2.95. The van der Waals surface area contributed by atoms with Crippen molar-refractivity contribution in [2.45, 2.75) is 0 Å². The predicted molar refractivity (Wildman–Crippen MR) is 82.1 cm³/mol. The highest BCUT2D eigenvalue weighted by atomic mass is 79.9. The summed E-state index contributed by atoms with van der Waals surface area (Å²) in [5.41, 5.74) is 1.98. The van der Waals surface area contributed by atoms with E-state index in [1.165, 1.54) is 0 Å². The zero-order valence-electron chi connectivity index (χ0n) is 9.15. The van der Waals surface area contributed by atoms with Gasteiger partial charge in [0.2, 0.25) is 0 Å². The number of rotatable bonds is 2. The van der Waals surface area contributed by atoms with Crippen LogP contribution in [0.15, 0.2) is 46.9 Å². The molecule has 90 valence electrons. The van der Waals surface area contributed by atoms with Gasteiger partial charge in [0, 0.05) is 15.2 Å². The van der Waals surface area contributed by atoms with Gasteiger partial charge in [0.05, 0.1) is 10.2 Å². The molecule has 18 heavy (non-hydrogen) atoms. The SMILES string of the molecule is Clc1ccc(Nc2nc3cc(Br)ccc3s2)cc1. The number of halogens is 2. The van der Waals surface area contributed by atoms with Crippen molar-refractivity contribution < 1.29 is 0 Å². The van der Waals surface area contributed by atoms with Gasteiger partial charge in [-0.25, -0.2) is 4.98 Å². The third-order valence-electron chi connectivity index (χ3n) is 2.45. The third-order valence-corrected chi connectivity index (χ3v) is 4.14. The maximum absolute atomic E-state index is 5.85. The summed E-state index contributed by atoms with van der Waals surface area (Å²) in [4.78, 5) is 4.54. The smallest absolute Gasteiger partial charge is 0.188 e. The zero-order valence-corrected chi connectivity index (χ0v) is 12.3. The summed E-state index contributed by atoms with van der Waals surface area (Å²) in [6, 6.07) is 13.7. The van der Waals surface area contributed by atoms with Crippen LogP contribution < -0.4 is 5.32 Å². The molecule has 0 radical (unpaired) electrons. The molecule has 0 spiro atoms. The Morgan fingerprint density at radius 1 is 1.11 bits per heavy atom. The molecule has 0 aliphatic carbocycles. The average molecular weight is 340 g/mol. The molecule has 1 N–H and O–H groups in total. The van der Waals surface area contributed by atoms with E-state index in [9.17, 15) is 0 Å². The van der Waals surface area contributed by atoms with Crippen molar-refractivity contribution >= 4 is 59.9 Å². The maximum Gasteiger partial charge on any atom is 0.188 e. The summed E-state index contributed by atoms with van der Waals surface area (Å²) in [6.07, 6.45) is 0. The van der Waals surface area contributed by atoms with Crippen LogP contribution in [0.3, 0.4) is 0 Å². The molecule has 1 aromatic heterocycles. The van der Waals surface area contributed by atoms with Crippen LogP contribution in [0.25, 0.3) is 10.2 Å². The van der Waals surface area contributed by atoms with E-state index in [-0.39, 0.29) is 0 Å². The van der Waals surface area contributed by atoms with Crippen molar-refractivity contribution in [2.75, 3.05) is 5.32 Å². The van der Waals surface area contributed by atoms with E-state index in [4.69, 9.17) is 11.6 Å². The minimum atomic E-state index is 0.730. The quantitative estimate of drug-likeness (QED) is 0.671. The van der Waals surface area contributed by atoms with Gasteiger partial charge in [0.1, 0.15) is 0 Å². The Labute approximate surface area is 122 Å². The lowest BCUT2D eigenvalue weighted by Crippen LogP contribution is -1.87. The van der Waals surface area contributed by atoms with Crippen molar-refractivity contribution in [1.29, 1.82) is 0 Å². The number of benzene rings is 2. The standard InChI is InChI=1S/C13H8BrClN2S/c14-8-1-6-12-11(7-8)17-13(18-12)16-10-4-2-9(15)3-5-10/h1-7H,(H,16,17). The molecule has 0 aliphatic rings. The first-order chi connectivity index (χ1) is 8.70. The van der Waals surface area contributed by atoms with Crippen LogP contribution in [0.1, 0.15) is 0 Å². The van der Waals surface area contributed by atoms with Crippen molar-refractivity contribution in [3.63, 3.8) is 0 Å². The third kappa shape index (κ3) is 2.51. The van der Waals surface area contributed by atoms with E-state index in [0.717, 1.165) is 30.5 Å². The molecule has 0 atom stereocenters. The lowest BCUT2D eigenvalue weighted by molar-refractivity contribution is 1.44. The highest BCUT2D eigenvalue weighted by molar-refractivity contribution is 9.10. The van der Waals surface area contributed by atoms with Gasteiger partial charge < -0.3 is 5.32 Å². The van der Waals surface area contributed by atoms with Crippen molar-refractivity contribution in [1.82, 2.24) is 4.98 Å². The minimum Gasteiger partial charge on any atom is -0.332 e. The molecule has 0 saturated carbocycles. The monoisotopic (exact) mass is 338 g/mol. The summed E-state index contributed by atoms with van der Waals surface area (Å²) < 4.78 is 2.20. The predicted octanol–water partition coefficient (Wildman–Crippen LogP) is 5.46. The number of nitrogens with one attached hydrogen (secondary N) is 1. The molecule has 0 bridgehead atoms. The number of fused-ring (bicyclic) bond motifs is 1. The fraction of sp³-hybridized carbons (Fsp3) is 0. The lowest BCUT2D eigenvalue weighted by Gasteiger charge is -2.01. The summed E-state index contributed by atoms with van der Waals surface area (Å²) in [5, 5.41) is 4.88. The van der Waals surface area contributed by atoms with Gasteiger partial charge in [-0.3, -0.25) is 0 Å². The highest BCUT2D eigenvalue weighted by Crippen LogP contribution is 2.30. The molecular weight excluding hydrogens is 332 g/mol. The lowest BCUT2D eigenvalue weighted by atomic mass is 10.3. The largest absolute Gasteiger partial charge is 0.332 e. The molecule has 0 fully saturated rings. The van der Waals surface area contributed by atoms with Crippen LogP contribution in [0, 0.1) is 0 Å². The molecule has 2 aromatic carbocycles. The molecule has 0 saturated heterocycles. The second kappa shape index (κ2) is 4.88. The zero-order chi connectivity index (χ0) is 12.5. The van der Waals surface area contributed by atoms with Gasteiger partial charge in [-0.15, -0.1) is 0 Å². The van der Waals surface area contributed by atoms with Crippen molar-refractivity contribution in [3.05, 3.63) is 52.0 Å². The summed E-state index contributed by atoms with van der Waals surface area (Å²) in [5.74, 6) is 0. The highest BCUT2D eigenvalue weighted by Gasteiger charge is 2.04. The Morgan fingerprint density at radius 2 is 1.89 bits per heavy atom. The van der Waals surface area contributed by atoms with Crippen LogP contribution in [0.4, 0.5) is 10.8 Å². The number of nitrogens with zero attached hydrogens (tertiary/aromatic N) is 1. The molecule has 5 heteroatoms. The molecule has 0 aliphatic heterocycles. The molecule has 0 amide bonds. The minimum absolute atomic E-state index is 0.730. The molecule has 3 aromatic rings. The first-order valence-electron chi connectivity index (χ1n) is 5.29. The molecular formula is C13H8BrClN2S. The van der Waals surface area contributed by atoms with Gasteiger partial charge in [-0.1, -0.05) is 38.9 Å². The molecule has 1 heterocycles. The Kier molecular flexibility index (Phi) is 3.24. The Balaban J connectivity index is 1.92. The Bertz CT molecular complexity index is 694. The Morgan fingerprint density at radius 3 is 2.67 bits per heavy atom. The summed E-state index contributed by atoms with van der Waals surface area (Å²) >= 11 is 10.9. The van der Waals surface area contributed by atoms with Crippen LogP contribution in [0.2, 0.25) is 5.02 Å². The van der Waals surface area contributed by atoms with E-state index in [1.54, 1.807) is 11.3 Å². The Hall–Kier alpha value is -1.10. The maximum atomic E-state index is 5.85. The second-order valence-electron chi connectivity index (χ2n) is 3.76. The summed E-state index contributed by atoms with van der Waals surface area (Å²) in [7, 11) is 0. The van der Waals surface area contributed by atoms with Gasteiger partial charge in [0.15, 0.2) is 5.13 Å². The number of aromatic nitrogens is 1. The number of thiazole rings is 1.